The van der Waals surface area contributed by atoms with E-state index in [9.17, 15) is 19.8 Å². The van der Waals surface area contributed by atoms with Gasteiger partial charge in [-0.05, 0) is 64.2 Å². The lowest BCUT2D eigenvalue weighted by molar-refractivity contribution is -0.151. The first-order valence-electron chi connectivity index (χ1n) is 24.4. The van der Waals surface area contributed by atoms with E-state index in [4.69, 9.17) is 4.74 Å². The minimum atomic E-state index is -0.793. The zero-order valence-electron chi connectivity index (χ0n) is 37.7. The van der Waals surface area contributed by atoms with Gasteiger partial charge in [0.15, 0.2) is 0 Å². The number of hydrogen-bond acceptors (Lipinski definition) is 5. The van der Waals surface area contributed by atoms with Crippen LogP contribution in [0, 0.1) is 0 Å². The number of nitrogens with one attached hydrogen (secondary N) is 1. The fourth-order valence-electron chi connectivity index (χ4n) is 7.19. The van der Waals surface area contributed by atoms with Crippen LogP contribution < -0.4 is 5.32 Å². The summed E-state index contributed by atoms with van der Waals surface area (Å²) in [4.78, 5) is 25.9. The highest BCUT2D eigenvalue weighted by molar-refractivity contribution is 5.77. The van der Waals surface area contributed by atoms with Gasteiger partial charge in [0.1, 0.15) is 6.10 Å². The molecule has 0 bridgehead atoms. The van der Waals surface area contributed by atoms with E-state index in [2.05, 4.69) is 74.7 Å². The molecule has 3 N–H and O–H groups in total. The second-order valence-electron chi connectivity index (χ2n) is 16.5. The smallest absolute Gasteiger partial charge is 0.306 e. The number of unbranched alkanes of at least 4 members (excludes halogenated alkanes) is 23. The van der Waals surface area contributed by atoms with Crippen LogP contribution in [-0.4, -0.2) is 46.9 Å². The fourth-order valence-corrected chi connectivity index (χ4v) is 7.19. The van der Waals surface area contributed by atoms with Crippen LogP contribution in [0.2, 0.25) is 0 Å². The number of allylic oxidation sites excluding steroid dienone is 8. The van der Waals surface area contributed by atoms with Crippen molar-refractivity contribution in [2.24, 2.45) is 0 Å². The summed E-state index contributed by atoms with van der Waals surface area (Å²) in [6, 6.07) is -0.709. The molecular weight excluding hydrogens is 707 g/mol. The predicted molar refractivity (Wildman–Crippen MR) is 245 cm³/mol. The Kier molecular flexibility index (Phi) is 43.2. The van der Waals surface area contributed by atoms with Crippen molar-refractivity contribution < 1.29 is 24.5 Å². The van der Waals surface area contributed by atoms with E-state index in [-0.39, 0.29) is 24.9 Å². The topological polar surface area (TPSA) is 95.9 Å². The lowest BCUT2D eigenvalue weighted by Crippen LogP contribution is -2.46. The quantitative estimate of drug-likeness (QED) is 0.0324. The van der Waals surface area contributed by atoms with Crippen LogP contribution in [0.5, 0.6) is 0 Å². The molecule has 0 spiro atoms. The van der Waals surface area contributed by atoms with Gasteiger partial charge in [-0.1, -0.05) is 211 Å². The van der Waals surface area contributed by atoms with Crippen molar-refractivity contribution >= 4 is 11.9 Å². The summed E-state index contributed by atoms with van der Waals surface area (Å²) in [7, 11) is 0. The van der Waals surface area contributed by atoms with E-state index in [0.717, 1.165) is 64.2 Å². The molecule has 1 amide bonds. The molecule has 0 fully saturated rings. The van der Waals surface area contributed by atoms with E-state index in [1.165, 1.54) is 122 Å². The van der Waals surface area contributed by atoms with Crippen molar-refractivity contribution in [3.05, 3.63) is 48.6 Å². The Morgan fingerprint density at radius 1 is 0.509 bits per heavy atom. The van der Waals surface area contributed by atoms with Crippen LogP contribution in [0.3, 0.4) is 0 Å². The Balaban J connectivity index is 4.48. The molecule has 0 rings (SSSR count). The molecule has 0 aromatic heterocycles. The van der Waals surface area contributed by atoms with Crippen molar-refractivity contribution in [1.82, 2.24) is 5.32 Å². The van der Waals surface area contributed by atoms with E-state index in [1.54, 1.807) is 0 Å². The normalized spacial score (nSPS) is 13.7. The minimum absolute atomic E-state index is 0.0564. The van der Waals surface area contributed by atoms with Gasteiger partial charge >= 0.3 is 5.97 Å². The standard InChI is InChI=1S/C51H93NO5/c1-4-7-10-13-16-18-20-22-24-25-26-28-30-32-35-38-41-44-51(56)57-47(42-39-36-33-15-12-9-6-3)45-50(55)52-48(46-53)49(54)43-40-37-34-31-29-27-23-21-19-17-14-11-8-5-2/h16,18,22,24,26,28,32,35,47-49,53-54H,4-15,17,19-21,23,25,27,29-31,33-34,36-46H2,1-3H3,(H,52,55)/b18-16-,24-22-,28-26-,35-32-. The molecule has 3 unspecified atom stereocenters. The Bertz CT molecular complexity index is 988. The number of rotatable bonds is 43. The summed E-state index contributed by atoms with van der Waals surface area (Å²) >= 11 is 0. The molecule has 6 heteroatoms. The highest BCUT2D eigenvalue weighted by atomic mass is 16.5. The van der Waals surface area contributed by atoms with Gasteiger partial charge in [0.05, 0.1) is 25.2 Å². The van der Waals surface area contributed by atoms with Gasteiger partial charge in [0.2, 0.25) is 5.91 Å². The maximum Gasteiger partial charge on any atom is 0.306 e. The molecule has 0 aromatic rings. The van der Waals surface area contributed by atoms with Crippen LogP contribution in [0.1, 0.15) is 239 Å². The lowest BCUT2D eigenvalue weighted by atomic mass is 10.0. The van der Waals surface area contributed by atoms with Crippen LogP contribution in [0.15, 0.2) is 48.6 Å². The monoisotopic (exact) mass is 800 g/mol. The Morgan fingerprint density at radius 2 is 0.895 bits per heavy atom. The van der Waals surface area contributed by atoms with Crippen molar-refractivity contribution in [3.8, 4) is 0 Å². The largest absolute Gasteiger partial charge is 0.462 e. The number of carbonyl (C=O) groups is 2. The molecule has 332 valence electrons. The number of hydrogen-bond donors (Lipinski definition) is 3. The third-order valence-corrected chi connectivity index (χ3v) is 10.9. The third-order valence-electron chi connectivity index (χ3n) is 10.9. The molecule has 0 aliphatic heterocycles. The van der Waals surface area contributed by atoms with Gasteiger partial charge in [-0.3, -0.25) is 9.59 Å². The molecule has 0 saturated heterocycles. The SMILES string of the molecule is CCCCC/C=C\C/C=C\C/C=C\C/C=C\CCCC(=O)OC(CCCCCCCCC)CC(=O)NC(CO)C(O)CCCCCCCCCCCCCCCC. The van der Waals surface area contributed by atoms with Crippen molar-refractivity contribution in [2.45, 2.75) is 257 Å². The van der Waals surface area contributed by atoms with E-state index >= 15 is 0 Å². The second kappa shape index (κ2) is 44.9. The van der Waals surface area contributed by atoms with Gasteiger partial charge in [-0.25, -0.2) is 0 Å². The molecule has 0 heterocycles. The number of aliphatic hydroxyl groups is 2. The molecule has 3 atom stereocenters. The molecule has 0 radical (unpaired) electrons. The summed E-state index contributed by atoms with van der Waals surface area (Å²) in [6.07, 6.45) is 53.3. The average molecular weight is 800 g/mol. The zero-order valence-corrected chi connectivity index (χ0v) is 37.7. The Hall–Kier alpha value is -2.18. The maximum atomic E-state index is 13.1. The molecule has 57 heavy (non-hydrogen) atoms. The number of esters is 1. The number of amides is 1. The summed E-state index contributed by atoms with van der Waals surface area (Å²) in [5.41, 5.74) is 0. The predicted octanol–water partition coefficient (Wildman–Crippen LogP) is 14.3. The van der Waals surface area contributed by atoms with Crippen molar-refractivity contribution in [3.63, 3.8) is 0 Å². The highest BCUT2D eigenvalue weighted by Crippen LogP contribution is 2.17. The minimum Gasteiger partial charge on any atom is -0.462 e. The molecule has 0 aromatic carbocycles. The molecular formula is C51H93NO5. The fraction of sp³-hybridized carbons (Fsp3) is 0.804. The van der Waals surface area contributed by atoms with Crippen LogP contribution in [-0.2, 0) is 14.3 Å². The summed E-state index contributed by atoms with van der Waals surface area (Å²) in [5, 5.41) is 23.6. The lowest BCUT2D eigenvalue weighted by Gasteiger charge is -2.24. The number of ether oxygens (including phenoxy) is 1. The van der Waals surface area contributed by atoms with Crippen LogP contribution >= 0.6 is 0 Å². The van der Waals surface area contributed by atoms with E-state index in [1.807, 2.05) is 0 Å². The first-order valence-corrected chi connectivity index (χ1v) is 24.4. The highest BCUT2D eigenvalue weighted by Gasteiger charge is 2.24. The van der Waals surface area contributed by atoms with Gasteiger partial charge in [-0.2, -0.15) is 0 Å². The van der Waals surface area contributed by atoms with E-state index in [0.29, 0.717) is 25.7 Å². The maximum absolute atomic E-state index is 13.1. The number of carbonyl (C=O) groups excluding carboxylic acids is 2. The van der Waals surface area contributed by atoms with E-state index < -0.39 is 18.2 Å². The first-order chi connectivity index (χ1) is 28.0. The summed E-state index contributed by atoms with van der Waals surface area (Å²) < 4.78 is 5.86. The Labute approximate surface area is 353 Å². The van der Waals surface area contributed by atoms with Gasteiger partial charge in [0.25, 0.3) is 0 Å². The molecule has 0 aliphatic rings. The van der Waals surface area contributed by atoms with Crippen LogP contribution in [0.25, 0.3) is 0 Å². The zero-order chi connectivity index (χ0) is 41.7. The van der Waals surface area contributed by atoms with Crippen molar-refractivity contribution in [2.75, 3.05) is 6.61 Å². The van der Waals surface area contributed by atoms with Crippen LogP contribution in [0.4, 0.5) is 0 Å². The van der Waals surface area contributed by atoms with Gasteiger partial charge in [0, 0.05) is 6.42 Å². The molecule has 0 aliphatic carbocycles. The first kappa shape index (κ1) is 54.8. The number of aliphatic hydroxyl groups excluding tert-OH is 2. The molecule has 0 saturated carbocycles. The Morgan fingerprint density at radius 3 is 1.35 bits per heavy atom. The summed E-state index contributed by atoms with van der Waals surface area (Å²) in [5.74, 6) is -0.542. The summed E-state index contributed by atoms with van der Waals surface area (Å²) in [6.45, 7) is 6.41. The average Bonchev–Trinajstić information content (AvgIpc) is 3.20. The third kappa shape index (κ3) is 40.4. The van der Waals surface area contributed by atoms with Crippen molar-refractivity contribution in [1.29, 1.82) is 0 Å². The van der Waals surface area contributed by atoms with Gasteiger partial charge < -0.3 is 20.3 Å². The molecule has 6 nitrogen and oxygen atoms in total. The second-order valence-corrected chi connectivity index (χ2v) is 16.5. The van der Waals surface area contributed by atoms with Gasteiger partial charge in [-0.15, -0.1) is 0 Å².